The smallest absolute Gasteiger partial charge is 0.412 e. The van der Waals surface area contributed by atoms with Crippen LogP contribution in [-0.4, -0.2) is 38.3 Å². The number of nitrogens with zero attached hydrogens (tertiary/aromatic N) is 2. The number of hydrogen-bond donors (Lipinski definition) is 3. The number of carbonyl (C=O) groups is 3. The Morgan fingerprint density at radius 3 is 2.38 bits per heavy atom. The number of anilines is 2. The van der Waals surface area contributed by atoms with E-state index in [1.54, 1.807) is 61.7 Å². The van der Waals surface area contributed by atoms with Gasteiger partial charge in [-0.25, -0.2) is 9.59 Å². The van der Waals surface area contributed by atoms with Crippen LogP contribution in [0.5, 0.6) is 0 Å². The molecule has 3 N–H and O–H groups in total. The van der Waals surface area contributed by atoms with Crippen LogP contribution >= 0.6 is 0 Å². The van der Waals surface area contributed by atoms with Gasteiger partial charge in [0, 0.05) is 32.0 Å². The van der Waals surface area contributed by atoms with Crippen molar-refractivity contribution in [3.63, 3.8) is 0 Å². The molecule has 0 saturated carbocycles. The molecule has 1 aliphatic heterocycles. The van der Waals surface area contributed by atoms with Gasteiger partial charge in [-0.3, -0.25) is 15.4 Å². The molecule has 0 aliphatic carbocycles. The number of carbonyl (C=O) groups excluding carboxylic acids is 2. The van der Waals surface area contributed by atoms with Crippen LogP contribution < -0.4 is 10.6 Å². The van der Waals surface area contributed by atoms with Crippen molar-refractivity contribution in [2.24, 2.45) is 7.05 Å². The molecule has 0 saturated heterocycles. The number of nitrogens with one attached hydrogen (secondary N) is 2. The van der Waals surface area contributed by atoms with Crippen molar-refractivity contribution in [3.05, 3.63) is 47.3 Å². The van der Waals surface area contributed by atoms with Crippen molar-refractivity contribution in [1.29, 1.82) is 0 Å². The average molecular weight is 400 g/mol. The number of aryl methyl sites for hydroxylation is 1. The highest BCUT2D eigenvalue weighted by Crippen LogP contribution is 2.28. The number of amides is 3. The summed E-state index contributed by atoms with van der Waals surface area (Å²) >= 11 is 0. The molecule has 2 heterocycles. The van der Waals surface area contributed by atoms with Crippen LogP contribution in [0.25, 0.3) is 0 Å². The first kappa shape index (κ1) is 20.2. The summed E-state index contributed by atoms with van der Waals surface area (Å²) < 4.78 is 6.88. The van der Waals surface area contributed by atoms with Crippen LogP contribution in [0.4, 0.5) is 21.0 Å². The number of carboxylic acid groups (broad SMARTS) is 1. The Labute approximate surface area is 168 Å². The Morgan fingerprint density at radius 2 is 1.72 bits per heavy atom. The second-order valence-electron chi connectivity index (χ2n) is 7.93. The van der Waals surface area contributed by atoms with E-state index < -0.39 is 17.8 Å². The minimum absolute atomic E-state index is 0.186. The van der Waals surface area contributed by atoms with Crippen LogP contribution in [0.2, 0.25) is 0 Å². The maximum Gasteiger partial charge on any atom is 0.412 e. The summed E-state index contributed by atoms with van der Waals surface area (Å²) in [6.07, 6.45) is -0.0752. The third-order valence-corrected chi connectivity index (χ3v) is 4.34. The highest BCUT2D eigenvalue weighted by molar-refractivity contribution is 5.95. The summed E-state index contributed by atoms with van der Waals surface area (Å²) in [5, 5.41) is 13.8. The van der Waals surface area contributed by atoms with Crippen LogP contribution in [-0.2, 0) is 24.9 Å². The lowest BCUT2D eigenvalue weighted by Gasteiger charge is -2.19. The molecule has 0 spiro atoms. The molecule has 9 heteroatoms. The molecule has 0 unspecified atom stereocenters. The van der Waals surface area contributed by atoms with Gasteiger partial charge in [-0.15, -0.1) is 0 Å². The van der Waals surface area contributed by atoms with Crippen LogP contribution in [0.1, 0.15) is 42.4 Å². The number of rotatable bonds is 3. The Kier molecular flexibility index (Phi) is 5.23. The van der Waals surface area contributed by atoms with Crippen molar-refractivity contribution < 1.29 is 24.2 Å². The van der Waals surface area contributed by atoms with Gasteiger partial charge < -0.3 is 19.3 Å². The first-order valence-corrected chi connectivity index (χ1v) is 9.09. The summed E-state index contributed by atoms with van der Waals surface area (Å²) in [6.45, 7) is 6.13. The lowest BCUT2D eigenvalue weighted by molar-refractivity contribution is 0.0635. The maximum absolute atomic E-state index is 13.0. The Balaban J connectivity index is 1.70. The Bertz CT molecular complexity index is 974. The maximum atomic E-state index is 13.0. The summed E-state index contributed by atoms with van der Waals surface area (Å²) in [4.78, 5) is 37.4. The van der Waals surface area contributed by atoms with E-state index in [0.29, 0.717) is 30.2 Å². The van der Waals surface area contributed by atoms with Crippen LogP contribution in [0, 0.1) is 0 Å². The monoisotopic (exact) mass is 400 g/mol. The average Bonchev–Trinajstić information content (AvgIpc) is 3.14. The number of fused-ring (bicyclic) bond motifs is 1. The fourth-order valence-corrected chi connectivity index (χ4v) is 3.17. The van der Waals surface area contributed by atoms with Gasteiger partial charge in [0.1, 0.15) is 11.3 Å². The van der Waals surface area contributed by atoms with Gasteiger partial charge in [0.2, 0.25) is 0 Å². The molecule has 0 atom stereocenters. The quantitative estimate of drug-likeness (QED) is 0.728. The van der Waals surface area contributed by atoms with Crippen molar-refractivity contribution in [2.45, 2.75) is 39.5 Å². The van der Waals surface area contributed by atoms with Crippen molar-refractivity contribution in [2.75, 3.05) is 10.6 Å². The van der Waals surface area contributed by atoms with E-state index in [0.717, 1.165) is 11.1 Å². The van der Waals surface area contributed by atoms with Crippen molar-refractivity contribution in [1.82, 2.24) is 9.47 Å². The molecule has 1 aromatic heterocycles. The molecule has 0 fully saturated rings. The summed E-state index contributed by atoms with van der Waals surface area (Å²) in [6, 6.07) is 6.82. The Hall–Kier alpha value is -3.49. The van der Waals surface area contributed by atoms with Crippen molar-refractivity contribution in [3.8, 4) is 0 Å². The highest BCUT2D eigenvalue weighted by atomic mass is 16.6. The van der Waals surface area contributed by atoms with Gasteiger partial charge >= 0.3 is 12.2 Å². The lowest BCUT2D eigenvalue weighted by Crippen LogP contribution is -2.27. The fraction of sp³-hybridized carbons (Fsp3) is 0.350. The summed E-state index contributed by atoms with van der Waals surface area (Å²) in [5.41, 5.74) is 2.60. The third-order valence-electron chi connectivity index (χ3n) is 4.34. The van der Waals surface area contributed by atoms with E-state index in [4.69, 9.17) is 9.84 Å². The molecular weight excluding hydrogens is 376 g/mol. The van der Waals surface area contributed by atoms with Crippen LogP contribution in [0.3, 0.4) is 0 Å². The van der Waals surface area contributed by atoms with Gasteiger partial charge in [-0.2, -0.15) is 0 Å². The minimum Gasteiger partial charge on any atom is -0.465 e. The molecule has 1 aromatic carbocycles. The highest BCUT2D eigenvalue weighted by Gasteiger charge is 2.27. The third kappa shape index (κ3) is 4.87. The SMILES string of the molecule is Cn1cc(NC(=O)OC(C)(C)C)cc1C(=O)N1Cc2ccc(NC(=O)O)cc2C1. The zero-order chi connectivity index (χ0) is 21.3. The molecule has 0 radical (unpaired) electrons. The van der Waals surface area contributed by atoms with Gasteiger partial charge in [-0.05, 0) is 50.1 Å². The number of hydrogen-bond acceptors (Lipinski definition) is 4. The molecule has 154 valence electrons. The standard InChI is InChI=1S/C20H24N4O5/c1-20(2,3)29-19(28)22-15-8-16(23(4)11-15)17(25)24-9-12-5-6-14(21-18(26)27)7-13(12)10-24/h5-8,11,21H,9-10H2,1-4H3,(H,22,28)(H,26,27). The lowest BCUT2D eigenvalue weighted by atomic mass is 10.1. The molecule has 9 nitrogen and oxygen atoms in total. The summed E-state index contributed by atoms with van der Waals surface area (Å²) in [7, 11) is 1.73. The molecule has 3 rings (SSSR count). The van der Waals surface area contributed by atoms with E-state index in [2.05, 4.69) is 10.6 Å². The minimum atomic E-state index is -1.13. The van der Waals surface area contributed by atoms with Gasteiger partial charge in [-0.1, -0.05) is 6.07 Å². The topological polar surface area (TPSA) is 113 Å². The molecule has 3 amide bonds. The predicted octanol–water partition coefficient (Wildman–Crippen LogP) is 3.62. The van der Waals surface area contributed by atoms with E-state index in [1.165, 1.54) is 0 Å². The van der Waals surface area contributed by atoms with E-state index in [9.17, 15) is 14.4 Å². The first-order valence-electron chi connectivity index (χ1n) is 9.09. The second-order valence-corrected chi connectivity index (χ2v) is 7.93. The fourth-order valence-electron chi connectivity index (χ4n) is 3.17. The van der Waals surface area contributed by atoms with Gasteiger partial charge in [0.05, 0.1) is 5.69 Å². The number of ether oxygens (including phenoxy) is 1. The van der Waals surface area contributed by atoms with Crippen molar-refractivity contribution >= 4 is 29.5 Å². The van der Waals surface area contributed by atoms with E-state index >= 15 is 0 Å². The van der Waals surface area contributed by atoms with Crippen LogP contribution in [0.15, 0.2) is 30.5 Å². The number of benzene rings is 1. The zero-order valence-corrected chi connectivity index (χ0v) is 16.8. The molecule has 1 aliphatic rings. The van der Waals surface area contributed by atoms with Gasteiger partial charge in [0.25, 0.3) is 5.91 Å². The predicted molar refractivity (Wildman–Crippen MR) is 107 cm³/mol. The number of aromatic nitrogens is 1. The largest absolute Gasteiger partial charge is 0.465 e. The summed E-state index contributed by atoms with van der Waals surface area (Å²) in [5.74, 6) is -0.186. The van der Waals surface area contributed by atoms with Gasteiger partial charge in [0.15, 0.2) is 0 Å². The molecule has 0 bridgehead atoms. The molecule has 2 aromatic rings. The van der Waals surface area contributed by atoms with E-state index in [1.807, 2.05) is 6.07 Å². The second kappa shape index (κ2) is 7.50. The molecular formula is C20H24N4O5. The Morgan fingerprint density at radius 1 is 1.03 bits per heavy atom. The first-order chi connectivity index (χ1) is 13.5. The zero-order valence-electron chi connectivity index (χ0n) is 16.8. The molecule has 29 heavy (non-hydrogen) atoms. The van der Waals surface area contributed by atoms with E-state index in [-0.39, 0.29) is 5.91 Å². The normalized spacial score (nSPS) is 13.0.